The molecule has 0 aliphatic heterocycles. The normalized spacial score (nSPS) is 12.3. The summed E-state index contributed by atoms with van der Waals surface area (Å²) in [5.41, 5.74) is 1.64. The summed E-state index contributed by atoms with van der Waals surface area (Å²) in [5, 5.41) is 13.2. The molecule has 0 saturated heterocycles. The maximum Gasteiger partial charge on any atom is 0.435 e. The van der Waals surface area contributed by atoms with Crippen molar-refractivity contribution in [3.05, 3.63) is 66.1 Å². The second-order valence-electron chi connectivity index (χ2n) is 6.81. The number of aryl methyl sites for hydroxylation is 3. The molecule has 0 aliphatic carbocycles. The molecule has 5 aromatic rings. The number of alkyl halides is 3. The van der Waals surface area contributed by atoms with E-state index in [0.29, 0.717) is 29.2 Å². The number of fused-ring (bicyclic) bond motifs is 3. The van der Waals surface area contributed by atoms with E-state index in [1.54, 1.807) is 28.6 Å². The molecule has 0 N–H and O–H groups in total. The number of aromatic nitrogens is 8. The Labute approximate surface area is 167 Å². The quantitative estimate of drug-likeness (QED) is 0.453. The number of hydrogen-bond acceptors (Lipinski definition) is 5. The zero-order chi connectivity index (χ0) is 20.9. The van der Waals surface area contributed by atoms with Crippen LogP contribution in [0.5, 0.6) is 0 Å². The van der Waals surface area contributed by atoms with Gasteiger partial charge in [-0.2, -0.15) is 23.4 Å². The van der Waals surface area contributed by atoms with Gasteiger partial charge in [0.15, 0.2) is 22.8 Å². The monoisotopic (exact) mass is 412 g/mol. The van der Waals surface area contributed by atoms with Gasteiger partial charge in [0.2, 0.25) is 0 Å². The van der Waals surface area contributed by atoms with Crippen molar-refractivity contribution in [2.75, 3.05) is 0 Å². The van der Waals surface area contributed by atoms with Crippen LogP contribution in [0.15, 0.2) is 48.9 Å². The van der Waals surface area contributed by atoms with E-state index >= 15 is 0 Å². The zero-order valence-corrected chi connectivity index (χ0v) is 15.7. The van der Waals surface area contributed by atoms with Gasteiger partial charge < -0.3 is 0 Å². The molecule has 4 heterocycles. The van der Waals surface area contributed by atoms with Crippen LogP contribution in [0, 0.1) is 6.92 Å². The maximum atomic E-state index is 12.8. The molecule has 11 heteroatoms. The van der Waals surface area contributed by atoms with E-state index in [0.717, 1.165) is 17.1 Å². The van der Waals surface area contributed by atoms with Gasteiger partial charge in [-0.05, 0) is 25.1 Å². The van der Waals surface area contributed by atoms with Gasteiger partial charge >= 0.3 is 6.18 Å². The van der Waals surface area contributed by atoms with Crippen LogP contribution in [0.1, 0.15) is 17.2 Å². The lowest BCUT2D eigenvalue weighted by Gasteiger charge is -2.02. The Bertz CT molecular complexity index is 1350. The van der Waals surface area contributed by atoms with Crippen molar-refractivity contribution in [1.29, 1.82) is 0 Å². The van der Waals surface area contributed by atoms with E-state index in [1.165, 1.54) is 4.68 Å². The van der Waals surface area contributed by atoms with Crippen molar-refractivity contribution >= 4 is 16.7 Å². The molecule has 152 valence electrons. The number of nitrogens with zero attached hydrogens (tertiary/aromatic N) is 8. The minimum absolute atomic E-state index is 0.235. The second-order valence-corrected chi connectivity index (χ2v) is 6.81. The molecular formula is C19H15F3N8. The van der Waals surface area contributed by atoms with Crippen LogP contribution in [0.4, 0.5) is 13.2 Å². The third kappa shape index (κ3) is 3.08. The van der Waals surface area contributed by atoms with Crippen molar-refractivity contribution in [1.82, 2.24) is 39.1 Å². The van der Waals surface area contributed by atoms with Gasteiger partial charge in [-0.25, -0.2) is 19.2 Å². The fourth-order valence-corrected chi connectivity index (χ4v) is 3.31. The first-order valence-electron chi connectivity index (χ1n) is 9.15. The Balaban J connectivity index is 1.45. The highest BCUT2D eigenvalue weighted by molar-refractivity contribution is 5.89. The lowest BCUT2D eigenvalue weighted by atomic mass is 10.3. The molecule has 8 nitrogen and oxygen atoms in total. The fourth-order valence-electron chi connectivity index (χ4n) is 3.31. The Kier molecular flexibility index (Phi) is 4.05. The Morgan fingerprint density at radius 2 is 1.83 bits per heavy atom. The average Bonchev–Trinajstić information content (AvgIpc) is 3.42. The molecule has 0 unspecified atom stereocenters. The van der Waals surface area contributed by atoms with Crippen molar-refractivity contribution in [2.24, 2.45) is 0 Å². The Hall–Kier alpha value is -3.76. The molecule has 0 spiro atoms. The summed E-state index contributed by atoms with van der Waals surface area (Å²) in [6, 6.07) is 10.6. The average molecular weight is 412 g/mol. The second kappa shape index (κ2) is 6.65. The minimum Gasteiger partial charge on any atom is -0.269 e. The van der Waals surface area contributed by atoms with Crippen molar-refractivity contribution in [2.45, 2.75) is 26.1 Å². The molecule has 0 atom stereocenters. The number of benzene rings is 1. The van der Waals surface area contributed by atoms with Gasteiger partial charge in [-0.15, -0.1) is 5.10 Å². The van der Waals surface area contributed by atoms with E-state index in [2.05, 4.69) is 25.3 Å². The van der Waals surface area contributed by atoms with E-state index in [-0.39, 0.29) is 6.54 Å². The van der Waals surface area contributed by atoms with Crippen molar-refractivity contribution in [3.8, 4) is 5.69 Å². The standard InChI is InChI=1S/C19H15F3N8/c1-12-9-15(19(20,21)22)26-28(12)8-7-16-25-18-14-10-24-30(13-5-3-2-4-6-13)17(14)23-11-29(18)27-16/h2-6,9-11H,7-8H2,1H3. The van der Waals surface area contributed by atoms with E-state index in [9.17, 15) is 13.2 Å². The summed E-state index contributed by atoms with van der Waals surface area (Å²) in [5.74, 6) is 0.486. The third-order valence-corrected chi connectivity index (χ3v) is 4.77. The molecule has 30 heavy (non-hydrogen) atoms. The van der Waals surface area contributed by atoms with E-state index < -0.39 is 11.9 Å². The highest BCUT2D eigenvalue weighted by Gasteiger charge is 2.34. The summed E-state index contributed by atoms with van der Waals surface area (Å²) >= 11 is 0. The van der Waals surface area contributed by atoms with Crippen LogP contribution in [0.3, 0.4) is 0 Å². The molecule has 0 amide bonds. The van der Waals surface area contributed by atoms with Gasteiger partial charge in [0.25, 0.3) is 0 Å². The van der Waals surface area contributed by atoms with Gasteiger partial charge in [0, 0.05) is 18.7 Å². The number of para-hydroxylation sites is 1. The lowest BCUT2D eigenvalue weighted by molar-refractivity contribution is -0.141. The van der Waals surface area contributed by atoms with Crippen LogP contribution in [-0.2, 0) is 19.1 Å². The van der Waals surface area contributed by atoms with Gasteiger partial charge in [0.1, 0.15) is 6.33 Å². The summed E-state index contributed by atoms with van der Waals surface area (Å²) in [6.07, 6.45) is -0.907. The summed E-state index contributed by atoms with van der Waals surface area (Å²) in [4.78, 5) is 8.98. The molecule has 0 aliphatic rings. The predicted octanol–water partition coefficient (Wildman–Crippen LogP) is 3.23. The first kappa shape index (κ1) is 18.3. The smallest absolute Gasteiger partial charge is 0.269 e. The first-order valence-corrected chi connectivity index (χ1v) is 9.15. The molecule has 4 aromatic heterocycles. The van der Waals surface area contributed by atoms with Crippen LogP contribution in [-0.4, -0.2) is 39.1 Å². The molecule has 0 radical (unpaired) electrons. The molecular weight excluding hydrogens is 397 g/mol. The zero-order valence-electron chi connectivity index (χ0n) is 15.7. The molecule has 0 saturated carbocycles. The molecule has 0 bridgehead atoms. The number of hydrogen-bond donors (Lipinski definition) is 0. The Morgan fingerprint density at radius 1 is 1.03 bits per heavy atom. The van der Waals surface area contributed by atoms with E-state index in [4.69, 9.17) is 0 Å². The largest absolute Gasteiger partial charge is 0.435 e. The van der Waals surface area contributed by atoms with Crippen LogP contribution in [0.25, 0.3) is 22.4 Å². The molecule has 5 rings (SSSR count). The third-order valence-electron chi connectivity index (χ3n) is 4.77. The fraction of sp³-hybridized carbons (Fsp3) is 0.211. The first-order chi connectivity index (χ1) is 14.4. The minimum atomic E-state index is -4.46. The van der Waals surface area contributed by atoms with Crippen LogP contribution < -0.4 is 0 Å². The maximum absolute atomic E-state index is 12.8. The lowest BCUT2D eigenvalue weighted by Crippen LogP contribution is -2.10. The van der Waals surface area contributed by atoms with Crippen LogP contribution in [0.2, 0.25) is 0 Å². The summed E-state index contributed by atoms with van der Waals surface area (Å²) in [7, 11) is 0. The summed E-state index contributed by atoms with van der Waals surface area (Å²) in [6.45, 7) is 1.82. The highest BCUT2D eigenvalue weighted by atomic mass is 19.4. The van der Waals surface area contributed by atoms with Gasteiger partial charge in [0.05, 0.1) is 17.3 Å². The highest BCUT2D eigenvalue weighted by Crippen LogP contribution is 2.28. The topological polar surface area (TPSA) is 78.7 Å². The van der Waals surface area contributed by atoms with Gasteiger partial charge in [-0.1, -0.05) is 18.2 Å². The Morgan fingerprint density at radius 3 is 2.57 bits per heavy atom. The molecule has 1 aromatic carbocycles. The SMILES string of the molecule is Cc1cc(C(F)(F)F)nn1CCc1nc2c3cnn(-c4ccccc4)c3ncn2n1. The van der Waals surface area contributed by atoms with Crippen LogP contribution >= 0.6 is 0 Å². The van der Waals surface area contributed by atoms with Crippen molar-refractivity contribution < 1.29 is 13.2 Å². The van der Waals surface area contributed by atoms with E-state index in [1.807, 2.05) is 30.3 Å². The van der Waals surface area contributed by atoms with Crippen molar-refractivity contribution in [3.63, 3.8) is 0 Å². The predicted molar refractivity (Wildman–Crippen MR) is 101 cm³/mol. The molecule has 0 fully saturated rings. The number of rotatable bonds is 4. The number of halogens is 3. The summed E-state index contributed by atoms with van der Waals surface area (Å²) < 4.78 is 43.1. The van der Waals surface area contributed by atoms with Gasteiger partial charge in [-0.3, -0.25) is 4.68 Å².